The molecule has 2 fully saturated rings. The lowest BCUT2D eigenvalue weighted by Crippen LogP contribution is -2.51. The van der Waals surface area contributed by atoms with Gasteiger partial charge in [0, 0.05) is 30.5 Å². The first-order valence-electron chi connectivity index (χ1n) is 22.8. The molecule has 69 heavy (non-hydrogen) atoms. The number of hydrogen-bond acceptors (Lipinski definition) is 12. The summed E-state index contributed by atoms with van der Waals surface area (Å²) >= 11 is 0.458. The summed E-state index contributed by atoms with van der Waals surface area (Å²) in [7, 11) is 2.47. The highest BCUT2D eigenvalue weighted by atomic mass is 32.1. The van der Waals surface area contributed by atoms with Crippen LogP contribution in [0, 0.1) is 17.7 Å². The van der Waals surface area contributed by atoms with Crippen molar-refractivity contribution >= 4 is 41.0 Å². The topological polar surface area (TPSA) is 200 Å². The van der Waals surface area contributed by atoms with Crippen molar-refractivity contribution in [1.29, 1.82) is 0 Å². The van der Waals surface area contributed by atoms with Gasteiger partial charge >= 0.3 is 18.4 Å². The van der Waals surface area contributed by atoms with Crippen LogP contribution in [0.1, 0.15) is 110 Å². The summed E-state index contributed by atoms with van der Waals surface area (Å²) in [4.78, 5) is 76.7. The second kappa shape index (κ2) is 18.7. The molecule has 4 N–H and O–H groups in total. The number of thiazole rings is 1. The predicted molar refractivity (Wildman–Crippen MR) is 243 cm³/mol. The summed E-state index contributed by atoms with van der Waals surface area (Å²) in [6.45, 7) is 8.25. The quantitative estimate of drug-likeness (QED) is 0.0928. The Morgan fingerprint density at radius 3 is 1.87 bits per heavy atom. The van der Waals surface area contributed by atoms with Crippen LogP contribution < -0.4 is 20.3 Å². The van der Waals surface area contributed by atoms with Gasteiger partial charge in [0.2, 0.25) is 18.0 Å². The average Bonchev–Trinajstić information content (AvgIpc) is 4.18. The van der Waals surface area contributed by atoms with Crippen LogP contribution in [0.2, 0.25) is 0 Å². The second-order valence-electron chi connectivity index (χ2n) is 18.3. The smallest absolute Gasteiger partial charge is 0.443 e. The highest BCUT2D eigenvalue weighted by Gasteiger charge is 2.47. The molecule has 22 heteroatoms. The normalized spacial score (nSPS) is 20.6. The molecular formula is C47H52F4N10O7S. The van der Waals surface area contributed by atoms with Crippen molar-refractivity contribution in [2.24, 2.45) is 11.8 Å². The van der Waals surface area contributed by atoms with Crippen molar-refractivity contribution in [2.75, 3.05) is 32.2 Å². The summed E-state index contributed by atoms with van der Waals surface area (Å²) in [5, 5.41) is 4.25. The fourth-order valence-corrected chi connectivity index (χ4v) is 10.8. The first-order valence-corrected chi connectivity index (χ1v) is 23.6. The Kier molecular flexibility index (Phi) is 12.8. The molecule has 2 saturated heterocycles. The molecule has 4 aliphatic heterocycles. The molecule has 5 aromatic rings. The number of nitrogens with one attached hydrogen (secondary N) is 4. The third-order valence-electron chi connectivity index (χ3n) is 13.3. The molecule has 3 unspecified atom stereocenters. The third kappa shape index (κ3) is 8.93. The van der Waals surface area contributed by atoms with Gasteiger partial charge in [0.15, 0.2) is 5.01 Å². The number of ether oxygens (including phenoxy) is 3. The Morgan fingerprint density at radius 1 is 0.783 bits per heavy atom. The zero-order valence-electron chi connectivity index (χ0n) is 38.6. The molecule has 0 bridgehead atoms. The minimum Gasteiger partial charge on any atom is -0.465 e. The maximum absolute atomic E-state index is 16.8. The van der Waals surface area contributed by atoms with Crippen molar-refractivity contribution in [1.82, 2.24) is 45.4 Å². The molecule has 0 spiro atoms. The number of H-pyrrole nitrogens is 2. The van der Waals surface area contributed by atoms with E-state index in [9.17, 15) is 32.3 Å². The predicted octanol–water partition coefficient (Wildman–Crippen LogP) is 8.36. The standard InChI is InChI=1S/C47H52F4N10O7S/c1-22(2)37(57-45(64)66-5)41(62)59-13-7-9-31(59)39-52-19-28(55-39)24-11-12-30-26(15-24)17-33-36-27(48)16-25(18-34(36)68-43(61(30)33)35-21-54-44(69-35)47(49,50)51)29-20-53-40(56-29)32-10-8-14-60(32)42(63)38(23(3)4)58-46(65)67-6/h11-12,15-16,18-23,31-33,37-38,43H,7-10,13-14,17H2,1-6H3,(H,52,55)(H,53,56)(H,57,64)(H,58,65)/t31-,32-,33?,37?,38-,43?/m0/s1. The van der Waals surface area contributed by atoms with Gasteiger partial charge in [0.25, 0.3) is 0 Å². The van der Waals surface area contributed by atoms with Gasteiger partial charge < -0.3 is 49.5 Å². The van der Waals surface area contributed by atoms with Crippen LogP contribution in [0.25, 0.3) is 22.5 Å². The Bertz CT molecular complexity index is 2770. The number of carbonyl (C=O) groups excluding carboxylic acids is 4. The summed E-state index contributed by atoms with van der Waals surface area (Å²) in [5.41, 5.74) is 3.88. The van der Waals surface area contributed by atoms with E-state index in [1.807, 2.05) is 45.9 Å². The second-order valence-corrected chi connectivity index (χ2v) is 19.4. The van der Waals surface area contributed by atoms with Crippen molar-refractivity contribution < 1.29 is 51.0 Å². The van der Waals surface area contributed by atoms with Crippen molar-refractivity contribution in [2.45, 2.75) is 102 Å². The van der Waals surface area contributed by atoms with Gasteiger partial charge in [-0.15, -0.1) is 11.3 Å². The molecule has 9 rings (SSSR count). The summed E-state index contributed by atoms with van der Waals surface area (Å²) < 4.78 is 74.8. The van der Waals surface area contributed by atoms with Gasteiger partial charge in [-0.1, -0.05) is 33.8 Å². The lowest BCUT2D eigenvalue weighted by atomic mass is 9.96. The van der Waals surface area contributed by atoms with E-state index < -0.39 is 59.6 Å². The van der Waals surface area contributed by atoms with Gasteiger partial charge in [-0.3, -0.25) is 9.59 Å². The fraction of sp³-hybridized carbons (Fsp3) is 0.468. The Labute approximate surface area is 398 Å². The van der Waals surface area contributed by atoms with Crippen LogP contribution in [0.5, 0.6) is 5.75 Å². The van der Waals surface area contributed by atoms with Crippen LogP contribution in [0.3, 0.4) is 0 Å². The maximum atomic E-state index is 16.8. The van der Waals surface area contributed by atoms with Crippen LogP contribution in [-0.2, 0) is 31.7 Å². The number of halogens is 4. The number of fused-ring (bicyclic) bond motifs is 5. The van der Waals surface area contributed by atoms with E-state index in [1.54, 1.807) is 27.0 Å². The molecule has 3 aromatic heterocycles. The third-order valence-corrected chi connectivity index (χ3v) is 14.4. The number of anilines is 1. The first kappa shape index (κ1) is 47.4. The minimum atomic E-state index is -4.70. The molecule has 0 radical (unpaired) electrons. The number of nitrogens with zero attached hydrogens (tertiary/aromatic N) is 6. The van der Waals surface area contributed by atoms with Gasteiger partial charge in [-0.05, 0) is 79.3 Å². The highest BCUT2D eigenvalue weighted by Crippen LogP contribution is 2.54. The number of imidazole rings is 2. The van der Waals surface area contributed by atoms with Gasteiger partial charge in [0.05, 0.1) is 66.6 Å². The fourth-order valence-electron chi connectivity index (χ4n) is 9.94. The molecular weight excluding hydrogens is 925 g/mol. The monoisotopic (exact) mass is 976 g/mol. The molecule has 17 nitrogen and oxygen atoms in total. The van der Waals surface area contributed by atoms with E-state index in [4.69, 9.17) is 14.2 Å². The number of aromatic nitrogens is 5. The van der Waals surface area contributed by atoms with E-state index in [-0.39, 0.29) is 52.3 Å². The molecule has 0 aliphatic carbocycles. The summed E-state index contributed by atoms with van der Waals surface area (Å²) in [5.74, 6) is -0.367. The molecule has 2 aromatic carbocycles. The number of hydrogen-bond donors (Lipinski definition) is 4. The van der Waals surface area contributed by atoms with Crippen LogP contribution in [-0.4, -0.2) is 98.1 Å². The van der Waals surface area contributed by atoms with Crippen molar-refractivity contribution in [3.05, 3.63) is 87.4 Å². The van der Waals surface area contributed by atoms with Crippen LogP contribution >= 0.6 is 11.3 Å². The number of rotatable bonds is 11. The molecule has 4 aliphatic rings. The van der Waals surface area contributed by atoms with E-state index in [1.165, 1.54) is 26.5 Å². The molecule has 6 atom stereocenters. The SMILES string of the molecule is COC(=O)NC(C(=O)N1CCC[C@H]1c1ncc(-c2ccc3c(c2)CC2c4c(F)cc(-c5cnc([C@@H]6CCCN6C(=O)[C@@H](NC(=O)OC)C(C)C)[nH]5)cc4OC(c4cnc(C(F)(F)F)s4)N32)[nH]1)C(C)C. The van der Waals surface area contributed by atoms with Crippen molar-refractivity contribution in [3.63, 3.8) is 0 Å². The highest BCUT2D eigenvalue weighted by molar-refractivity contribution is 7.11. The average molecular weight is 977 g/mol. The number of alkyl halides is 3. The minimum absolute atomic E-state index is 0.143. The molecule has 4 amide bonds. The Hall–Kier alpha value is -6.71. The molecule has 0 saturated carbocycles. The van der Waals surface area contributed by atoms with Gasteiger partial charge in [-0.2, -0.15) is 13.2 Å². The van der Waals surface area contributed by atoms with Gasteiger partial charge in [-0.25, -0.2) is 28.9 Å². The Morgan fingerprint density at radius 2 is 1.35 bits per heavy atom. The van der Waals surface area contributed by atoms with E-state index in [2.05, 4.69) is 35.6 Å². The summed E-state index contributed by atoms with van der Waals surface area (Å²) in [6.07, 6.45) is 0.111. The molecule has 7 heterocycles. The molecule has 366 valence electrons. The number of aromatic amines is 2. The van der Waals surface area contributed by atoms with Crippen molar-refractivity contribution in [3.8, 4) is 28.3 Å². The number of amides is 4. The largest absolute Gasteiger partial charge is 0.465 e. The zero-order chi connectivity index (χ0) is 49.1. The summed E-state index contributed by atoms with van der Waals surface area (Å²) in [6, 6.07) is 5.50. The maximum Gasteiger partial charge on any atom is 0.443 e. The van der Waals surface area contributed by atoms with Crippen LogP contribution in [0.4, 0.5) is 32.8 Å². The first-order chi connectivity index (χ1) is 32.9. The number of benzene rings is 2. The lowest BCUT2D eigenvalue weighted by Gasteiger charge is -2.40. The van der Waals surface area contributed by atoms with E-state index in [0.717, 1.165) is 23.7 Å². The number of likely N-dealkylation sites (tertiary alicyclic amines) is 2. The van der Waals surface area contributed by atoms with Gasteiger partial charge in [0.1, 0.15) is 35.3 Å². The lowest BCUT2D eigenvalue weighted by molar-refractivity contribution is -0.138. The zero-order valence-corrected chi connectivity index (χ0v) is 39.5. The number of methoxy groups -OCH3 is 2. The number of alkyl carbamates (subject to hydrolysis) is 2. The van der Waals surface area contributed by atoms with Crippen LogP contribution in [0.15, 0.2) is 48.9 Å². The Balaban J connectivity index is 1.01. The number of carbonyl (C=O) groups is 4. The van der Waals surface area contributed by atoms with E-state index in [0.29, 0.717) is 78.0 Å². The van der Waals surface area contributed by atoms with E-state index >= 15 is 4.39 Å².